The van der Waals surface area contributed by atoms with Gasteiger partial charge in [-0.05, 0) is 42.0 Å². The van der Waals surface area contributed by atoms with E-state index in [1.807, 2.05) is 18.2 Å². The number of benzene rings is 2. The van der Waals surface area contributed by atoms with Crippen LogP contribution in [0.3, 0.4) is 0 Å². The molecule has 0 aromatic heterocycles. The van der Waals surface area contributed by atoms with Crippen molar-refractivity contribution >= 4 is 17.9 Å². The topological polar surface area (TPSA) is 59.1 Å². The second kappa shape index (κ2) is 7.72. The molecule has 0 aliphatic carbocycles. The SMILES string of the molecule is O=C(/C=C/c1ccc2c(c1)OCO2)N1CCN(C(=O)c2cccc(F)c2)CC1. The van der Waals surface area contributed by atoms with Crippen LogP contribution in [0.2, 0.25) is 0 Å². The Kier molecular flexibility index (Phi) is 4.97. The molecule has 2 aromatic rings. The molecule has 1 fully saturated rings. The van der Waals surface area contributed by atoms with Gasteiger partial charge in [0.15, 0.2) is 11.5 Å². The Morgan fingerprint density at radius 3 is 2.46 bits per heavy atom. The zero-order valence-electron chi connectivity index (χ0n) is 15.1. The normalized spacial score (nSPS) is 15.9. The van der Waals surface area contributed by atoms with E-state index in [4.69, 9.17) is 9.47 Å². The summed E-state index contributed by atoms with van der Waals surface area (Å²) < 4.78 is 23.9. The minimum Gasteiger partial charge on any atom is -0.454 e. The van der Waals surface area contributed by atoms with Crippen molar-refractivity contribution in [2.75, 3.05) is 33.0 Å². The summed E-state index contributed by atoms with van der Waals surface area (Å²) in [6.07, 6.45) is 3.25. The maximum Gasteiger partial charge on any atom is 0.254 e. The number of carbonyl (C=O) groups is 2. The van der Waals surface area contributed by atoms with Gasteiger partial charge in [-0.15, -0.1) is 0 Å². The Labute approximate surface area is 161 Å². The van der Waals surface area contributed by atoms with Crippen molar-refractivity contribution in [3.05, 3.63) is 65.5 Å². The number of piperazine rings is 1. The number of hydrogen-bond donors (Lipinski definition) is 0. The first-order valence-corrected chi connectivity index (χ1v) is 9.02. The van der Waals surface area contributed by atoms with Crippen LogP contribution in [0.25, 0.3) is 6.08 Å². The molecule has 6 nitrogen and oxygen atoms in total. The van der Waals surface area contributed by atoms with Gasteiger partial charge in [0.05, 0.1) is 0 Å². The first-order chi connectivity index (χ1) is 13.6. The molecule has 7 heteroatoms. The predicted molar refractivity (Wildman–Crippen MR) is 100 cm³/mol. The highest BCUT2D eigenvalue weighted by Crippen LogP contribution is 2.32. The number of rotatable bonds is 3. The monoisotopic (exact) mass is 382 g/mol. The smallest absolute Gasteiger partial charge is 0.254 e. The third-order valence-corrected chi connectivity index (χ3v) is 4.77. The van der Waals surface area contributed by atoms with Crippen molar-refractivity contribution in [1.82, 2.24) is 9.80 Å². The summed E-state index contributed by atoms with van der Waals surface area (Å²) >= 11 is 0. The van der Waals surface area contributed by atoms with Crippen LogP contribution in [0.1, 0.15) is 15.9 Å². The molecule has 2 amide bonds. The lowest BCUT2D eigenvalue weighted by Gasteiger charge is -2.34. The number of carbonyl (C=O) groups excluding carboxylic acids is 2. The standard InChI is InChI=1S/C21H19FN2O4/c22-17-3-1-2-16(13-17)21(26)24-10-8-23(9-11-24)20(25)7-5-15-4-6-18-19(12-15)28-14-27-18/h1-7,12-13H,8-11,14H2/b7-5+. The number of halogens is 1. The van der Waals surface area contributed by atoms with E-state index in [1.54, 1.807) is 21.9 Å². The van der Waals surface area contributed by atoms with Gasteiger partial charge in [0.1, 0.15) is 5.82 Å². The second-order valence-electron chi connectivity index (χ2n) is 6.57. The second-order valence-corrected chi connectivity index (χ2v) is 6.57. The van der Waals surface area contributed by atoms with Gasteiger partial charge < -0.3 is 19.3 Å². The highest BCUT2D eigenvalue weighted by molar-refractivity contribution is 5.95. The summed E-state index contributed by atoms with van der Waals surface area (Å²) in [5, 5.41) is 0. The van der Waals surface area contributed by atoms with Crippen molar-refractivity contribution in [3.63, 3.8) is 0 Å². The summed E-state index contributed by atoms with van der Waals surface area (Å²) in [7, 11) is 0. The highest BCUT2D eigenvalue weighted by Gasteiger charge is 2.24. The number of ether oxygens (including phenoxy) is 2. The minimum atomic E-state index is -0.437. The molecule has 0 bridgehead atoms. The van der Waals surface area contributed by atoms with E-state index in [2.05, 4.69) is 0 Å². The van der Waals surface area contributed by atoms with Gasteiger partial charge in [0, 0.05) is 37.8 Å². The number of hydrogen-bond acceptors (Lipinski definition) is 4. The van der Waals surface area contributed by atoms with Crippen molar-refractivity contribution in [3.8, 4) is 11.5 Å². The van der Waals surface area contributed by atoms with Gasteiger partial charge in [-0.25, -0.2) is 4.39 Å². The van der Waals surface area contributed by atoms with Crippen molar-refractivity contribution in [1.29, 1.82) is 0 Å². The van der Waals surface area contributed by atoms with Crippen LogP contribution in [0, 0.1) is 5.82 Å². The Hall–Kier alpha value is -3.35. The zero-order valence-corrected chi connectivity index (χ0v) is 15.1. The number of amides is 2. The molecule has 0 unspecified atom stereocenters. The van der Waals surface area contributed by atoms with Gasteiger partial charge in [-0.2, -0.15) is 0 Å². The lowest BCUT2D eigenvalue weighted by atomic mass is 10.1. The highest BCUT2D eigenvalue weighted by atomic mass is 19.1. The van der Waals surface area contributed by atoms with Gasteiger partial charge >= 0.3 is 0 Å². The van der Waals surface area contributed by atoms with E-state index >= 15 is 0 Å². The quantitative estimate of drug-likeness (QED) is 0.766. The molecule has 144 valence electrons. The van der Waals surface area contributed by atoms with Gasteiger partial charge in [-0.1, -0.05) is 12.1 Å². The average Bonchev–Trinajstić information content (AvgIpc) is 3.19. The molecular formula is C21H19FN2O4. The third kappa shape index (κ3) is 3.83. The molecular weight excluding hydrogens is 363 g/mol. The molecule has 2 heterocycles. The van der Waals surface area contributed by atoms with E-state index in [1.165, 1.54) is 24.3 Å². The molecule has 28 heavy (non-hydrogen) atoms. The van der Waals surface area contributed by atoms with E-state index in [9.17, 15) is 14.0 Å². The first-order valence-electron chi connectivity index (χ1n) is 9.02. The molecule has 2 aromatic carbocycles. The van der Waals surface area contributed by atoms with Crippen LogP contribution < -0.4 is 9.47 Å². The Morgan fingerprint density at radius 2 is 1.68 bits per heavy atom. The van der Waals surface area contributed by atoms with Crippen LogP contribution in [0.5, 0.6) is 11.5 Å². The maximum absolute atomic E-state index is 13.3. The molecule has 0 atom stereocenters. The average molecular weight is 382 g/mol. The fraction of sp³-hybridized carbons (Fsp3) is 0.238. The van der Waals surface area contributed by atoms with Gasteiger partial charge in [0.25, 0.3) is 5.91 Å². The van der Waals surface area contributed by atoms with Gasteiger partial charge in [0.2, 0.25) is 12.7 Å². The molecule has 2 aliphatic heterocycles. The lowest BCUT2D eigenvalue weighted by Crippen LogP contribution is -2.50. The predicted octanol–water partition coefficient (Wildman–Crippen LogP) is 2.55. The van der Waals surface area contributed by atoms with E-state index < -0.39 is 5.82 Å². The van der Waals surface area contributed by atoms with Crippen LogP contribution in [-0.2, 0) is 4.79 Å². The summed E-state index contributed by atoms with van der Waals surface area (Å²) in [5.74, 6) is 0.591. The fourth-order valence-corrected chi connectivity index (χ4v) is 3.22. The molecule has 4 rings (SSSR count). The maximum atomic E-state index is 13.3. The summed E-state index contributed by atoms with van der Waals surface area (Å²) in [4.78, 5) is 28.2. The molecule has 2 aliphatic rings. The third-order valence-electron chi connectivity index (χ3n) is 4.77. The first kappa shape index (κ1) is 18.0. The van der Waals surface area contributed by atoms with E-state index in [-0.39, 0.29) is 18.6 Å². The van der Waals surface area contributed by atoms with Crippen LogP contribution in [-0.4, -0.2) is 54.6 Å². The minimum absolute atomic E-state index is 0.115. The Bertz CT molecular complexity index is 936. The number of fused-ring (bicyclic) bond motifs is 1. The Morgan fingerprint density at radius 1 is 0.929 bits per heavy atom. The van der Waals surface area contributed by atoms with E-state index in [0.717, 1.165) is 5.56 Å². The molecule has 0 radical (unpaired) electrons. The van der Waals surface area contributed by atoms with Gasteiger partial charge in [-0.3, -0.25) is 9.59 Å². The molecule has 0 N–H and O–H groups in total. The van der Waals surface area contributed by atoms with E-state index in [0.29, 0.717) is 43.2 Å². The Balaban J connectivity index is 1.33. The zero-order chi connectivity index (χ0) is 19.5. The molecule has 0 saturated carbocycles. The summed E-state index contributed by atoms with van der Waals surface area (Å²) in [6, 6.07) is 11.1. The fourth-order valence-electron chi connectivity index (χ4n) is 3.22. The largest absolute Gasteiger partial charge is 0.454 e. The molecule has 0 spiro atoms. The lowest BCUT2D eigenvalue weighted by molar-refractivity contribution is -0.127. The van der Waals surface area contributed by atoms with Crippen LogP contribution in [0.15, 0.2) is 48.5 Å². The van der Waals surface area contributed by atoms with Crippen LogP contribution in [0.4, 0.5) is 4.39 Å². The van der Waals surface area contributed by atoms with Crippen LogP contribution >= 0.6 is 0 Å². The summed E-state index contributed by atoms with van der Waals surface area (Å²) in [6.45, 7) is 1.91. The van der Waals surface area contributed by atoms with Crippen molar-refractivity contribution < 1.29 is 23.5 Å². The van der Waals surface area contributed by atoms with Crippen molar-refractivity contribution in [2.24, 2.45) is 0 Å². The summed E-state index contributed by atoms with van der Waals surface area (Å²) in [5.41, 5.74) is 1.17. The number of nitrogens with zero attached hydrogens (tertiary/aromatic N) is 2. The molecule has 1 saturated heterocycles. The van der Waals surface area contributed by atoms with Crippen molar-refractivity contribution in [2.45, 2.75) is 0 Å².